The number of nitrogens with one attached hydrogen (secondary N) is 1. The quantitative estimate of drug-likeness (QED) is 0.868. The molecule has 2 atom stereocenters. The number of ether oxygens (including phenoxy) is 1. The summed E-state index contributed by atoms with van der Waals surface area (Å²) in [6.45, 7) is 2.06. The van der Waals surface area contributed by atoms with Crippen LogP contribution in [0, 0.1) is 5.92 Å². The number of alkyl halides is 1. The van der Waals surface area contributed by atoms with Crippen molar-refractivity contribution in [2.24, 2.45) is 5.92 Å². The van der Waals surface area contributed by atoms with Crippen molar-refractivity contribution in [3.05, 3.63) is 34.9 Å². The molecule has 0 spiro atoms. The maximum Gasteiger partial charge on any atom is 0.251 e. The predicted molar refractivity (Wildman–Crippen MR) is 77.3 cm³/mol. The van der Waals surface area contributed by atoms with E-state index in [0.29, 0.717) is 24.0 Å². The third-order valence-electron chi connectivity index (χ3n) is 4.07. The highest BCUT2D eigenvalue weighted by atomic mass is 79.9. The van der Waals surface area contributed by atoms with Gasteiger partial charge in [-0.15, -0.1) is 0 Å². The van der Waals surface area contributed by atoms with Gasteiger partial charge in [0, 0.05) is 16.9 Å². The number of carbonyl (C=O) groups is 1. The van der Waals surface area contributed by atoms with E-state index in [2.05, 4.69) is 21.2 Å². The highest BCUT2D eigenvalue weighted by Crippen LogP contribution is 2.30. The maximum absolute atomic E-state index is 12.1. The predicted octanol–water partition coefficient (Wildman–Crippen LogP) is 3.01. The lowest BCUT2D eigenvalue weighted by atomic mass is 10.1. The molecule has 0 saturated heterocycles. The van der Waals surface area contributed by atoms with E-state index in [0.717, 1.165) is 17.7 Å². The number of rotatable bonds is 3. The second-order valence-corrected chi connectivity index (χ2v) is 6.57. The number of benzene rings is 1. The van der Waals surface area contributed by atoms with Gasteiger partial charge in [-0.25, -0.2) is 0 Å². The molecule has 2 unspecified atom stereocenters. The highest BCUT2D eigenvalue weighted by Gasteiger charge is 2.25. The van der Waals surface area contributed by atoms with E-state index in [1.54, 1.807) is 0 Å². The summed E-state index contributed by atoms with van der Waals surface area (Å²) in [5.41, 5.74) is 3.09. The fourth-order valence-electron chi connectivity index (χ4n) is 2.86. The van der Waals surface area contributed by atoms with Gasteiger partial charge in [-0.2, -0.15) is 0 Å². The fourth-order valence-corrected chi connectivity index (χ4v) is 3.64. The summed E-state index contributed by atoms with van der Waals surface area (Å²) >= 11 is 3.68. The Morgan fingerprint density at radius 3 is 2.95 bits per heavy atom. The van der Waals surface area contributed by atoms with Crippen LogP contribution in [-0.4, -0.2) is 17.3 Å². The Bertz CT molecular complexity index is 489. The Morgan fingerprint density at radius 2 is 2.16 bits per heavy atom. The van der Waals surface area contributed by atoms with Gasteiger partial charge in [-0.05, 0) is 42.0 Å². The summed E-state index contributed by atoms with van der Waals surface area (Å²) in [5.74, 6) is 0.600. The molecule has 1 heterocycles. The van der Waals surface area contributed by atoms with Crippen molar-refractivity contribution >= 4 is 21.8 Å². The Kier molecular flexibility index (Phi) is 3.89. The number of fused-ring (bicyclic) bond motifs is 1. The first-order valence-electron chi connectivity index (χ1n) is 6.86. The first-order chi connectivity index (χ1) is 9.24. The fraction of sp³-hybridized carbons (Fsp3) is 0.533. The Morgan fingerprint density at radius 1 is 1.32 bits per heavy atom. The van der Waals surface area contributed by atoms with Gasteiger partial charge in [-0.3, -0.25) is 4.79 Å². The molecule has 4 heteroatoms. The molecule has 3 rings (SSSR count). The van der Waals surface area contributed by atoms with E-state index in [9.17, 15) is 4.79 Å². The van der Waals surface area contributed by atoms with E-state index in [1.807, 2.05) is 18.2 Å². The normalized spacial score (nSPS) is 25.3. The van der Waals surface area contributed by atoms with Crippen molar-refractivity contribution in [1.29, 1.82) is 0 Å². The minimum atomic E-state index is 0.0290. The molecule has 1 aromatic rings. The molecule has 0 bridgehead atoms. The number of carbonyl (C=O) groups excluding carboxylic acids is 1. The standard InChI is InChI=1S/C15H18BrNO2/c16-14-3-1-2-11(14)7-17-15(18)10-4-5-12-8-19-9-13(12)6-10/h4-6,11,14H,1-3,7-9H2,(H,17,18). The lowest BCUT2D eigenvalue weighted by Gasteiger charge is -2.14. The molecule has 1 aliphatic carbocycles. The number of halogens is 1. The van der Waals surface area contributed by atoms with Crippen LogP contribution in [0.5, 0.6) is 0 Å². The molecule has 1 aromatic carbocycles. The van der Waals surface area contributed by atoms with Crippen LogP contribution >= 0.6 is 15.9 Å². The Balaban J connectivity index is 1.61. The molecule has 1 amide bonds. The summed E-state index contributed by atoms with van der Waals surface area (Å²) in [4.78, 5) is 12.7. The number of amides is 1. The average Bonchev–Trinajstić information content (AvgIpc) is 3.03. The van der Waals surface area contributed by atoms with Crippen LogP contribution in [0.15, 0.2) is 18.2 Å². The van der Waals surface area contributed by atoms with Gasteiger partial charge < -0.3 is 10.1 Å². The van der Waals surface area contributed by atoms with Crippen LogP contribution in [0.4, 0.5) is 0 Å². The van der Waals surface area contributed by atoms with Crippen LogP contribution in [0.1, 0.15) is 40.7 Å². The minimum Gasteiger partial charge on any atom is -0.372 e. The zero-order valence-corrected chi connectivity index (χ0v) is 12.4. The smallest absolute Gasteiger partial charge is 0.251 e. The topological polar surface area (TPSA) is 38.3 Å². The first-order valence-corrected chi connectivity index (χ1v) is 7.77. The van der Waals surface area contributed by atoms with E-state index >= 15 is 0 Å². The van der Waals surface area contributed by atoms with Crippen LogP contribution in [0.3, 0.4) is 0 Å². The second kappa shape index (κ2) is 5.63. The van der Waals surface area contributed by atoms with Gasteiger partial charge in [0.05, 0.1) is 13.2 Å². The first kappa shape index (κ1) is 13.1. The van der Waals surface area contributed by atoms with E-state index < -0.39 is 0 Å². The molecule has 2 aliphatic rings. The van der Waals surface area contributed by atoms with Gasteiger partial charge in [-0.1, -0.05) is 28.4 Å². The third kappa shape index (κ3) is 2.84. The van der Waals surface area contributed by atoms with Crippen LogP contribution in [0.25, 0.3) is 0 Å². The molecule has 1 saturated carbocycles. The molecule has 3 nitrogen and oxygen atoms in total. The summed E-state index contributed by atoms with van der Waals surface area (Å²) in [7, 11) is 0. The summed E-state index contributed by atoms with van der Waals surface area (Å²) < 4.78 is 5.37. The molecule has 1 N–H and O–H groups in total. The van der Waals surface area contributed by atoms with Crippen LogP contribution < -0.4 is 5.32 Å². The van der Waals surface area contributed by atoms with Crippen molar-refractivity contribution in [3.8, 4) is 0 Å². The monoisotopic (exact) mass is 323 g/mol. The second-order valence-electron chi connectivity index (χ2n) is 5.39. The summed E-state index contributed by atoms with van der Waals surface area (Å²) in [6, 6.07) is 5.85. The van der Waals surface area contributed by atoms with Crippen molar-refractivity contribution in [2.45, 2.75) is 37.3 Å². The molecule has 0 radical (unpaired) electrons. The van der Waals surface area contributed by atoms with E-state index in [4.69, 9.17) is 4.74 Å². The van der Waals surface area contributed by atoms with Crippen molar-refractivity contribution in [1.82, 2.24) is 5.32 Å². The van der Waals surface area contributed by atoms with Gasteiger partial charge in [0.2, 0.25) is 0 Å². The van der Waals surface area contributed by atoms with Crippen LogP contribution in [0.2, 0.25) is 0 Å². The summed E-state index contributed by atoms with van der Waals surface area (Å²) in [6.07, 6.45) is 3.68. The Labute approximate surface area is 121 Å². The molecule has 1 fully saturated rings. The van der Waals surface area contributed by atoms with Gasteiger partial charge in [0.25, 0.3) is 5.91 Å². The molecular formula is C15H18BrNO2. The largest absolute Gasteiger partial charge is 0.372 e. The molecule has 0 aromatic heterocycles. The highest BCUT2D eigenvalue weighted by molar-refractivity contribution is 9.09. The summed E-state index contributed by atoms with van der Waals surface area (Å²) in [5, 5.41) is 3.05. The van der Waals surface area contributed by atoms with Crippen molar-refractivity contribution in [2.75, 3.05) is 6.54 Å². The molecular weight excluding hydrogens is 306 g/mol. The zero-order chi connectivity index (χ0) is 13.2. The zero-order valence-electron chi connectivity index (χ0n) is 10.8. The van der Waals surface area contributed by atoms with Gasteiger partial charge in [0.15, 0.2) is 0 Å². The maximum atomic E-state index is 12.1. The SMILES string of the molecule is O=C(NCC1CCCC1Br)c1ccc2c(c1)COC2. The molecule has 19 heavy (non-hydrogen) atoms. The lowest BCUT2D eigenvalue weighted by Crippen LogP contribution is -2.31. The van der Waals surface area contributed by atoms with E-state index in [1.165, 1.54) is 24.8 Å². The van der Waals surface area contributed by atoms with Gasteiger partial charge in [0.1, 0.15) is 0 Å². The molecule has 102 valence electrons. The third-order valence-corrected chi connectivity index (χ3v) is 5.28. The number of hydrogen-bond acceptors (Lipinski definition) is 2. The van der Waals surface area contributed by atoms with Crippen molar-refractivity contribution < 1.29 is 9.53 Å². The van der Waals surface area contributed by atoms with E-state index in [-0.39, 0.29) is 5.91 Å². The van der Waals surface area contributed by atoms with Crippen LogP contribution in [-0.2, 0) is 18.0 Å². The number of hydrogen-bond donors (Lipinski definition) is 1. The Hall–Kier alpha value is -0.870. The van der Waals surface area contributed by atoms with Crippen molar-refractivity contribution in [3.63, 3.8) is 0 Å². The lowest BCUT2D eigenvalue weighted by molar-refractivity contribution is 0.0947. The van der Waals surface area contributed by atoms with Gasteiger partial charge >= 0.3 is 0 Å². The molecule has 1 aliphatic heterocycles. The minimum absolute atomic E-state index is 0.0290. The average molecular weight is 324 g/mol.